The lowest BCUT2D eigenvalue weighted by molar-refractivity contribution is 0.0282. The van der Waals surface area contributed by atoms with Crippen molar-refractivity contribution >= 4 is 0 Å². The van der Waals surface area contributed by atoms with Gasteiger partial charge >= 0.3 is 0 Å². The first-order valence-corrected chi connectivity index (χ1v) is 5.32. The molecule has 2 rings (SSSR count). The number of nitrogens with one attached hydrogen (secondary N) is 2. The van der Waals surface area contributed by atoms with Crippen LogP contribution >= 0.6 is 0 Å². The quantitative estimate of drug-likeness (QED) is 0.600. The lowest BCUT2D eigenvalue weighted by atomic mass is 10.3. The number of hydroxylamine groups is 1. The van der Waals surface area contributed by atoms with Crippen LogP contribution in [0.25, 0.3) is 0 Å². The lowest BCUT2D eigenvalue weighted by Crippen LogP contribution is -2.51. The minimum atomic E-state index is 0.132. The smallest absolute Gasteiger partial charge is 0.128 e. The first-order chi connectivity index (χ1) is 6.74. The molecule has 0 radical (unpaired) electrons. The van der Waals surface area contributed by atoms with Gasteiger partial charge in [-0.3, -0.25) is 15.1 Å². The highest BCUT2D eigenvalue weighted by Crippen LogP contribution is 2.03. The Kier molecular flexibility index (Phi) is 3.35. The van der Waals surface area contributed by atoms with Crippen LogP contribution < -0.4 is 10.8 Å². The van der Waals surface area contributed by atoms with Gasteiger partial charge in [-0.2, -0.15) is 5.48 Å². The Hall–Kier alpha value is -0.200. The van der Waals surface area contributed by atoms with Crippen molar-refractivity contribution in [1.82, 2.24) is 20.6 Å². The summed E-state index contributed by atoms with van der Waals surface area (Å²) in [5.41, 5.74) is 3.00. The van der Waals surface area contributed by atoms with Crippen LogP contribution in [0.3, 0.4) is 0 Å². The van der Waals surface area contributed by atoms with Crippen LogP contribution in [0.15, 0.2) is 0 Å². The van der Waals surface area contributed by atoms with E-state index in [1.54, 1.807) is 0 Å². The van der Waals surface area contributed by atoms with Crippen LogP contribution in [-0.2, 0) is 4.84 Å². The van der Waals surface area contributed by atoms with Gasteiger partial charge in [0, 0.05) is 32.7 Å². The highest BCUT2D eigenvalue weighted by atomic mass is 16.7. The third kappa shape index (κ3) is 2.65. The predicted molar refractivity (Wildman–Crippen MR) is 54.5 cm³/mol. The van der Waals surface area contributed by atoms with E-state index in [-0.39, 0.29) is 12.4 Å². The second-order valence-electron chi connectivity index (χ2n) is 4.20. The van der Waals surface area contributed by atoms with Crippen molar-refractivity contribution in [1.29, 1.82) is 0 Å². The minimum absolute atomic E-state index is 0.132. The topological polar surface area (TPSA) is 39.8 Å². The number of rotatable bonds is 2. The lowest BCUT2D eigenvalue weighted by Gasteiger charge is -2.33. The molecule has 2 atom stereocenters. The molecule has 0 saturated carbocycles. The summed E-state index contributed by atoms with van der Waals surface area (Å²) in [4.78, 5) is 10.1. The molecule has 2 N–H and O–H groups in total. The Bertz CT molecular complexity index is 182. The van der Waals surface area contributed by atoms with Crippen molar-refractivity contribution < 1.29 is 4.84 Å². The fraction of sp³-hybridized carbons (Fsp3) is 1.00. The third-order valence-corrected chi connectivity index (χ3v) is 2.86. The van der Waals surface area contributed by atoms with Gasteiger partial charge in [-0.05, 0) is 14.0 Å². The first kappa shape index (κ1) is 10.3. The van der Waals surface area contributed by atoms with Crippen LogP contribution in [0.1, 0.15) is 6.92 Å². The van der Waals surface area contributed by atoms with Crippen LogP contribution in [-0.4, -0.2) is 62.0 Å². The molecular formula is C9H20N4O. The van der Waals surface area contributed by atoms with E-state index in [2.05, 4.69) is 27.6 Å². The van der Waals surface area contributed by atoms with Crippen molar-refractivity contribution in [3.05, 3.63) is 0 Å². The Morgan fingerprint density at radius 3 is 2.57 bits per heavy atom. The van der Waals surface area contributed by atoms with Gasteiger partial charge in [0.25, 0.3) is 0 Å². The maximum atomic E-state index is 5.23. The van der Waals surface area contributed by atoms with E-state index in [1.807, 2.05) is 6.92 Å². The minimum Gasteiger partial charge on any atom is -0.304 e. The molecule has 0 amide bonds. The molecule has 0 aromatic rings. The summed E-state index contributed by atoms with van der Waals surface area (Å²) < 4.78 is 0. The van der Waals surface area contributed by atoms with Gasteiger partial charge in [0.2, 0.25) is 0 Å². The molecule has 82 valence electrons. The summed E-state index contributed by atoms with van der Waals surface area (Å²) in [6.07, 6.45) is 0.417. The predicted octanol–water partition coefficient (Wildman–Crippen LogP) is -0.970. The Morgan fingerprint density at radius 1 is 1.29 bits per heavy atom. The molecule has 2 aliphatic heterocycles. The summed E-state index contributed by atoms with van der Waals surface area (Å²) in [7, 11) is 2.18. The molecule has 0 spiro atoms. The van der Waals surface area contributed by atoms with Crippen molar-refractivity contribution in [2.45, 2.75) is 19.3 Å². The monoisotopic (exact) mass is 200 g/mol. The van der Waals surface area contributed by atoms with E-state index in [4.69, 9.17) is 4.84 Å². The highest BCUT2D eigenvalue weighted by molar-refractivity contribution is 4.75. The number of hydrogen-bond acceptors (Lipinski definition) is 5. The van der Waals surface area contributed by atoms with Gasteiger partial charge in [-0.1, -0.05) is 0 Å². The van der Waals surface area contributed by atoms with Gasteiger partial charge in [-0.25, -0.2) is 0 Å². The fourth-order valence-electron chi connectivity index (χ4n) is 1.91. The first-order valence-electron chi connectivity index (χ1n) is 5.32. The summed E-state index contributed by atoms with van der Waals surface area (Å²) in [6, 6.07) is 0. The summed E-state index contributed by atoms with van der Waals surface area (Å²) in [6.45, 7) is 7.69. The molecule has 0 bridgehead atoms. The summed E-state index contributed by atoms with van der Waals surface area (Å²) in [5.74, 6) is 0. The largest absolute Gasteiger partial charge is 0.304 e. The second kappa shape index (κ2) is 4.55. The summed E-state index contributed by atoms with van der Waals surface area (Å²) >= 11 is 0. The molecule has 5 heteroatoms. The molecule has 0 aliphatic carbocycles. The molecule has 2 fully saturated rings. The van der Waals surface area contributed by atoms with Gasteiger partial charge in [0.05, 0.1) is 6.17 Å². The third-order valence-electron chi connectivity index (χ3n) is 2.86. The number of nitrogens with zero attached hydrogens (tertiary/aromatic N) is 2. The molecule has 14 heavy (non-hydrogen) atoms. The maximum absolute atomic E-state index is 5.23. The van der Waals surface area contributed by atoms with Gasteiger partial charge in [0.1, 0.15) is 6.23 Å². The average Bonchev–Trinajstić information content (AvgIpc) is 2.56. The number of hydrogen-bond donors (Lipinski definition) is 2. The standard InChI is InChI=1S/C9H20N4O/c1-8-10-9(11-14-8)7-13-5-3-12(2)4-6-13/h8-11H,3-7H2,1-2H3. The molecule has 0 aromatic carbocycles. The maximum Gasteiger partial charge on any atom is 0.128 e. The van der Waals surface area contributed by atoms with Crippen LogP contribution in [0, 0.1) is 0 Å². The molecule has 2 unspecified atom stereocenters. The van der Waals surface area contributed by atoms with E-state index < -0.39 is 0 Å². The second-order valence-corrected chi connectivity index (χ2v) is 4.20. The zero-order chi connectivity index (χ0) is 9.97. The Labute approximate surface area is 85.3 Å². The van der Waals surface area contributed by atoms with Crippen molar-refractivity contribution in [3.8, 4) is 0 Å². The Balaban J connectivity index is 1.70. The molecule has 2 saturated heterocycles. The average molecular weight is 200 g/mol. The Morgan fingerprint density at radius 2 is 2.00 bits per heavy atom. The van der Waals surface area contributed by atoms with Gasteiger partial charge in [-0.15, -0.1) is 0 Å². The SMILES string of the molecule is CC1NC(CN2CCN(C)CC2)NO1. The van der Waals surface area contributed by atoms with E-state index in [1.165, 1.54) is 13.1 Å². The number of likely N-dealkylation sites (N-methyl/N-ethyl adjacent to an activating group) is 1. The zero-order valence-corrected chi connectivity index (χ0v) is 8.99. The van der Waals surface area contributed by atoms with E-state index >= 15 is 0 Å². The highest BCUT2D eigenvalue weighted by Gasteiger charge is 2.24. The number of piperazine rings is 1. The van der Waals surface area contributed by atoms with Gasteiger partial charge < -0.3 is 4.90 Å². The van der Waals surface area contributed by atoms with E-state index in [0.717, 1.165) is 19.6 Å². The fourth-order valence-corrected chi connectivity index (χ4v) is 1.91. The van der Waals surface area contributed by atoms with Crippen LogP contribution in [0.2, 0.25) is 0 Å². The normalized spacial score (nSPS) is 36.4. The van der Waals surface area contributed by atoms with Gasteiger partial charge in [0.15, 0.2) is 0 Å². The zero-order valence-electron chi connectivity index (χ0n) is 8.99. The van der Waals surface area contributed by atoms with Crippen LogP contribution in [0.4, 0.5) is 0 Å². The van der Waals surface area contributed by atoms with Crippen molar-refractivity contribution in [2.24, 2.45) is 0 Å². The molecule has 2 heterocycles. The van der Waals surface area contributed by atoms with E-state index in [9.17, 15) is 0 Å². The molecular weight excluding hydrogens is 180 g/mol. The van der Waals surface area contributed by atoms with E-state index in [0.29, 0.717) is 0 Å². The molecule has 2 aliphatic rings. The van der Waals surface area contributed by atoms with Crippen LogP contribution in [0.5, 0.6) is 0 Å². The molecule has 0 aromatic heterocycles. The van der Waals surface area contributed by atoms with Crippen molar-refractivity contribution in [3.63, 3.8) is 0 Å². The molecule has 5 nitrogen and oxygen atoms in total. The summed E-state index contributed by atoms with van der Waals surface area (Å²) in [5, 5.41) is 3.32. The van der Waals surface area contributed by atoms with Crippen molar-refractivity contribution in [2.75, 3.05) is 39.8 Å².